The lowest BCUT2D eigenvalue weighted by Crippen LogP contribution is -2.20. The van der Waals surface area contributed by atoms with Crippen LogP contribution < -0.4 is 0 Å². The third kappa shape index (κ3) is 23.2. The van der Waals surface area contributed by atoms with Gasteiger partial charge < -0.3 is 24.4 Å². The molecule has 0 aliphatic heterocycles. The number of carbonyl (C=O) groups excluding carboxylic acids is 2. The predicted octanol–water partition coefficient (Wildman–Crippen LogP) is 2.29. The number of carbonyl (C=O) groups is 2. The van der Waals surface area contributed by atoms with Gasteiger partial charge in [-0.15, -0.1) is 23.2 Å². The topological polar surface area (TPSA) is 102 Å². The number of alkyl halides is 2. The van der Waals surface area contributed by atoms with Crippen LogP contribution in [0.5, 0.6) is 0 Å². The average Bonchev–Trinajstić information content (AvgIpc) is 2.40. The van der Waals surface area contributed by atoms with Gasteiger partial charge in [0, 0.05) is 0 Å². The quantitative estimate of drug-likeness (QED) is 0.337. The molecule has 0 aliphatic carbocycles. The molecule has 0 spiro atoms. The van der Waals surface area contributed by atoms with Crippen molar-refractivity contribution in [1.82, 2.24) is 0 Å². The van der Waals surface area contributed by atoms with E-state index >= 15 is 0 Å². The summed E-state index contributed by atoms with van der Waals surface area (Å²) in [6, 6.07) is 0. The largest absolute Gasteiger partial charge is 0.518 e. The third-order valence-electron chi connectivity index (χ3n) is 1.44. The molecule has 0 fully saturated rings. The minimum atomic E-state index is -1.14. The highest BCUT2D eigenvalue weighted by molar-refractivity contribution is 6.18. The van der Waals surface area contributed by atoms with Gasteiger partial charge in [0.05, 0.1) is 11.8 Å². The van der Waals surface area contributed by atoms with E-state index in [-0.39, 0.29) is 25.0 Å². The highest BCUT2D eigenvalue weighted by Gasteiger charge is 2.12. The minimum Gasteiger partial charge on any atom is -0.433 e. The Morgan fingerprint density at radius 2 is 1.17 bits per heavy atom. The maximum atomic E-state index is 10.5. The van der Waals surface area contributed by atoms with Crippen molar-refractivity contribution in [3.63, 3.8) is 0 Å². The molecule has 0 atom stereocenters. The summed E-state index contributed by atoms with van der Waals surface area (Å²) >= 11 is 10.4. The lowest BCUT2D eigenvalue weighted by Gasteiger charge is -2.10. The second kappa shape index (κ2) is 12.3. The number of hydrogen-bond acceptors (Lipinski definition) is 7. The van der Waals surface area contributed by atoms with Crippen LogP contribution in [0.2, 0.25) is 0 Å². The highest BCUT2D eigenvalue weighted by atomic mass is 35.5. The van der Waals surface area contributed by atoms with Gasteiger partial charge in [-0.3, -0.25) is 0 Å². The van der Waals surface area contributed by atoms with Gasteiger partial charge >= 0.3 is 12.3 Å². The zero-order valence-electron chi connectivity index (χ0n) is 13.5. The Morgan fingerprint density at radius 1 is 0.870 bits per heavy atom. The van der Waals surface area contributed by atoms with Crippen LogP contribution in [0.15, 0.2) is 0 Å². The first kappa shape index (κ1) is 24.1. The lowest BCUT2D eigenvalue weighted by atomic mass is 10.1. The summed E-state index contributed by atoms with van der Waals surface area (Å²) in [5.74, 6) is 5.30. The average molecular weight is 373 g/mol. The molecule has 134 valence electrons. The Morgan fingerprint density at radius 3 is 1.39 bits per heavy atom. The molecule has 23 heavy (non-hydrogen) atoms. The molecule has 0 amide bonds. The Hall–Kier alpha value is -1.20. The Bertz CT molecular complexity index is 378. The van der Waals surface area contributed by atoms with Gasteiger partial charge in [0.25, 0.3) is 0 Å². The summed E-state index contributed by atoms with van der Waals surface area (Å²) in [6.07, 6.45) is -2.28. The van der Waals surface area contributed by atoms with Crippen molar-refractivity contribution in [2.24, 2.45) is 0 Å². The summed E-state index contributed by atoms with van der Waals surface area (Å²) in [7, 11) is 0. The van der Waals surface area contributed by atoms with Crippen LogP contribution in [-0.2, 0) is 14.2 Å². The maximum absolute atomic E-state index is 10.5. The van der Waals surface area contributed by atoms with E-state index in [0.29, 0.717) is 0 Å². The van der Waals surface area contributed by atoms with Crippen LogP contribution in [0, 0.1) is 11.8 Å². The van der Waals surface area contributed by atoms with Gasteiger partial charge in [-0.05, 0) is 27.7 Å². The molecule has 0 aromatic heterocycles. The molecule has 0 aromatic carbocycles. The summed E-state index contributed by atoms with van der Waals surface area (Å²) in [5, 5.41) is 18.2. The zero-order valence-corrected chi connectivity index (χ0v) is 15.0. The summed E-state index contributed by atoms with van der Waals surface area (Å²) < 4.78 is 12.6. The monoisotopic (exact) mass is 372 g/mol. The fraction of sp³-hybridized carbons (Fsp3) is 0.714. The van der Waals surface area contributed by atoms with E-state index in [4.69, 9.17) is 33.4 Å². The first-order valence-corrected chi connectivity index (χ1v) is 7.60. The molecular formula is C14H22Cl2O7. The van der Waals surface area contributed by atoms with Crippen LogP contribution >= 0.6 is 23.2 Å². The highest BCUT2D eigenvalue weighted by Crippen LogP contribution is 2.01. The smallest absolute Gasteiger partial charge is 0.433 e. The van der Waals surface area contributed by atoms with Gasteiger partial charge in [-0.1, -0.05) is 11.8 Å². The van der Waals surface area contributed by atoms with Crippen molar-refractivity contribution in [3.05, 3.63) is 0 Å². The van der Waals surface area contributed by atoms with Crippen molar-refractivity contribution in [3.8, 4) is 11.8 Å². The van der Waals surface area contributed by atoms with Gasteiger partial charge in [-0.2, -0.15) is 0 Å². The van der Waals surface area contributed by atoms with Gasteiger partial charge in [0.15, 0.2) is 0 Å². The zero-order chi connectivity index (χ0) is 18.5. The van der Waals surface area contributed by atoms with Crippen molar-refractivity contribution in [2.45, 2.75) is 38.9 Å². The second-order valence-electron chi connectivity index (χ2n) is 5.04. The summed E-state index contributed by atoms with van der Waals surface area (Å²) in [4.78, 5) is 21.1. The van der Waals surface area contributed by atoms with Crippen molar-refractivity contribution in [1.29, 1.82) is 0 Å². The molecular weight excluding hydrogens is 351 g/mol. The van der Waals surface area contributed by atoms with E-state index in [1.165, 1.54) is 0 Å². The Balaban J connectivity index is 0. The molecule has 0 saturated heterocycles. The molecule has 0 aliphatic rings. The summed E-state index contributed by atoms with van der Waals surface area (Å²) in [6.45, 7) is 6.25. The van der Waals surface area contributed by atoms with Crippen LogP contribution in [0.3, 0.4) is 0 Å². The van der Waals surface area contributed by atoms with E-state index in [1.54, 1.807) is 27.7 Å². The van der Waals surface area contributed by atoms with Crippen LogP contribution in [0.1, 0.15) is 27.7 Å². The molecule has 0 heterocycles. The molecule has 0 rings (SSSR count). The van der Waals surface area contributed by atoms with Crippen molar-refractivity contribution < 1.29 is 34.0 Å². The van der Waals surface area contributed by atoms with Crippen molar-refractivity contribution >= 4 is 35.5 Å². The molecule has 0 radical (unpaired) electrons. The minimum absolute atomic E-state index is 0.0246. The maximum Gasteiger partial charge on any atom is 0.518 e. The Labute approximate surface area is 145 Å². The second-order valence-corrected chi connectivity index (χ2v) is 5.80. The van der Waals surface area contributed by atoms with E-state index < -0.39 is 23.5 Å². The number of aliphatic hydroxyl groups is 2. The van der Waals surface area contributed by atoms with E-state index in [1.807, 2.05) is 0 Å². The number of ether oxygens (including phenoxy) is 3. The number of hydrogen-bond donors (Lipinski definition) is 2. The normalized spacial score (nSPS) is 10.4. The standard InChI is InChI=1S/C8H14O2.C6H8Cl2O5/c1-7(2,9)5-6-8(3,4)10;7-1-3-11-5(9)13-6(10)12-4-2-8/h9-10H,1-4H3;1-4H2. The van der Waals surface area contributed by atoms with Gasteiger partial charge in [0.2, 0.25) is 0 Å². The first-order chi connectivity index (χ1) is 10.4. The number of rotatable bonds is 4. The first-order valence-electron chi connectivity index (χ1n) is 6.53. The van der Waals surface area contributed by atoms with Crippen LogP contribution in [0.25, 0.3) is 0 Å². The number of halogens is 2. The molecule has 7 nitrogen and oxygen atoms in total. The van der Waals surface area contributed by atoms with E-state index in [2.05, 4.69) is 26.1 Å². The fourth-order valence-corrected chi connectivity index (χ4v) is 0.831. The van der Waals surface area contributed by atoms with Crippen LogP contribution in [-0.4, -0.2) is 58.7 Å². The lowest BCUT2D eigenvalue weighted by molar-refractivity contribution is 0.0414. The van der Waals surface area contributed by atoms with Crippen molar-refractivity contribution in [2.75, 3.05) is 25.0 Å². The third-order valence-corrected chi connectivity index (χ3v) is 1.74. The van der Waals surface area contributed by atoms with Crippen LogP contribution in [0.4, 0.5) is 9.59 Å². The molecule has 0 bridgehead atoms. The van der Waals surface area contributed by atoms with Gasteiger partial charge in [0.1, 0.15) is 24.4 Å². The van der Waals surface area contributed by atoms with Gasteiger partial charge in [-0.25, -0.2) is 9.59 Å². The van der Waals surface area contributed by atoms with E-state index in [0.717, 1.165) is 0 Å². The van der Waals surface area contributed by atoms with E-state index in [9.17, 15) is 9.59 Å². The Kier molecular flexibility index (Phi) is 12.8. The molecule has 0 saturated carbocycles. The molecule has 0 aromatic rings. The summed E-state index contributed by atoms with van der Waals surface area (Å²) in [5.41, 5.74) is -2.03. The fourth-order valence-electron chi connectivity index (χ4n) is 0.677. The molecule has 9 heteroatoms. The predicted molar refractivity (Wildman–Crippen MR) is 85.6 cm³/mol. The molecule has 0 unspecified atom stereocenters. The SMILES string of the molecule is CC(C)(O)C#CC(C)(C)O.O=C(OCCCl)OC(=O)OCCCl. The molecule has 2 N–H and O–H groups in total.